The molecule has 1 N–H and O–H groups in total. The third-order valence-corrected chi connectivity index (χ3v) is 4.34. The summed E-state index contributed by atoms with van der Waals surface area (Å²) >= 11 is 0. The van der Waals surface area contributed by atoms with Crippen LogP contribution in [0.2, 0.25) is 0 Å². The molecule has 1 unspecified atom stereocenters. The van der Waals surface area contributed by atoms with Crippen molar-refractivity contribution < 1.29 is 23.0 Å². The number of hydrogen-bond donors (Lipinski definition) is 1. The highest BCUT2D eigenvalue weighted by atomic mass is 19.2. The fourth-order valence-corrected chi connectivity index (χ4v) is 2.78. The van der Waals surface area contributed by atoms with Crippen LogP contribution in [0.1, 0.15) is 19.4 Å². The summed E-state index contributed by atoms with van der Waals surface area (Å²) in [6.07, 6.45) is 0. The highest BCUT2D eigenvalue weighted by Gasteiger charge is 2.22. The molecule has 3 rings (SSSR count). The molecule has 0 aromatic heterocycles. The van der Waals surface area contributed by atoms with Crippen LogP contribution in [0, 0.1) is 11.6 Å². The third-order valence-electron chi connectivity index (χ3n) is 4.34. The molecule has 0 fully saturated rings. The molecule has 2 aromatic carbocycles. The lowest BCUT2D eigenvalue weighted by Gasteiger charge is -2.27. The maximum absolute atomic E-state index is 13.3. The van der Waals surface area contributed by atoms with Crippen molar-refractivity contribution in [2.45, 2.75) is 26.4 Å². The van der Waals surface area contributed by atoms with Crippen LogP contribution in [0.5, 0.6) is 11.5 Å². The van der Waals surface area contributed by atoms with E-state index in [9.17, 15) is 13.6 Å². The van der Waals surface area contributed by atoms with Crippen LogP contribution in [-0.4, -0.2) is 30.2 Å². The van der Waals surface area contributed by atoms with Gasteiger partial charge < -0.3 is 14.8 Å². The number of carbonyl (C=O) groups is 1. The van der Waals surface area contributed by atoms with E-state index >= 15 is 0 Å². The van der Waals surface area contributed by atoms with Crippen molar-refractivity contribution in [2.24, 2.45) is 0 Å². The Bertz CT molecular complexity index is 813. The molecule has 0 spiro atoms. The Labute approximate surface area is 150 Å². The number of amides is 1. The predicted molar refractivity (Wildman–Crippen MR) is 93.1 cm³/mol. The monoisotopic (exact) mass is 362 g/mol. The summed E-state index contributed by atoms with van der Waals surface area (Å²) in [6.45, 7) is 5.11. The van der Waals surface area contributed by atoms with Gasteiger partial charge in [0.25, 0.3) is 0 Å². The first-order chi connectivity index (χ1) is 12.5. The quantitative estimate of drug-likeness (QED) is 0.854. The number of nitrogens with one attached hydrogen (secondary N) is 1. The number of benzene rings is 2. The van der Waals surface area contributed by atoms with Gasteiger partial charge in [-0.05, 0) is 43.3 Å². The van der Waals surface area contributed by atoms with Gasteiger partial charge in [0.05, 0.1) is 6.04 Å². The highest BCUT2D eigenvalue weighted by Crippen LogP contribution is 2.33. The van der Waals surface area contributed by atoms with E-state index in [-0.39, 0.29) is 18.4 Å². The van der Waals surface area contributed by atoms with Crippen LogP contribution in [0.25, 0.3) is 0 Å². The van der Waals surface area contributed by atoms with Crippen molar-refractivity contribution in [1.29, 1.82) is 0 Å². The van der Waals surface area contributed by atoms with E-state index in [1.54, 1.807) is 6.92 Å². The Morgan fingerprint density at radius 3 is 2.65 bits per heavy atom. The van der Waals surface area contributed by atoms with E-state index in [0.717, 1.165) is 17.7 Å². The Morgan fingerprint density at radius 2 is 1.92 bits per heavy atom. The van der Waals surface area contributed by atoms with Crippen LogP contribution in [-0.2, 0) is 11.3 Å². The van der Waals surface area contributed by atoms with Gasteiger partial charge in [-0.15, -0.1) is 0 Å². The average molecular weight is 362 g/mol. The summed E-state index contributed by atoms with van der Waals surface area (Å²) in [5.41, 5.74) is 1.21. The minimum atomic E-state index is -0.997. The lowest BCUT2D eigenvalue weighted by atomic mass is 10.1. The van der Waals surface area contributed by atoms with Gasteiger partial charge in [-0.3, -0.25) is 9.69 Å². The Kier molecular flexibility index (Phi) is 5.37. The van der Waals surface area contributed by atoms with Gasteiger partial charge in [0.2, 0.25) is 12.7 Å². The lowest BCUT2D eigenvalue weighted by molar-refractivity contribution is -0.120. The normalized spacial score (nSPS) is 13.7. The number of carbonyl (C=O) groups excluding carboxylic acids is 1. The number of nitrogens with zero attached hydrogens (tertiary/aromatic N) is 1. The summed E-state index contributed by atoms with van der Waals surface area (Å²) in [6, 6.07) is 8.49. The van der Waals surface area contributed by atoms with E-state index < -0.39 is 17.7 Å². The second-order valence-electron chi connectivity index (χ2n) is 6.04. The molecule has 0 bridgehead atoms. The molecule has 1 aliphatic rings. The highest BCUT2D eigenvalue weighted by molar-refractivity contribution is 5.94. The zero-order chi connectivity index (χ0) is 18.7. The van der Waals surface area contributed by atoms with E-state index in [1.807, 2.05) is 30.0 Å². The maximum atomic E-state index is 13.3. The van der Waals surface area contributed by atoms with Crippen molar-refractivity contribution in [3.05, 3.63) is 53.6 Å². The van der Waals surface area contributed by atoms with Gasteiger partial charge in [-0.2, -0.15) is 0 Å². The predicted octanol–water partition coefficient (Wildman–Crippen LogP) is 3.54. The molecule has 138 valence electrons. The maximum Gasteiger partial charge on any atom is 0.241 e. The molecule has 1 amide bonds. The Hall–Kier alpha value is -2.67. The minimum Gasteiger partial charge on any atom is -0.454 e. The molecule has 0 saturated heterocycles. The minimum absolute atomic E-state index is 0.212. The molecule has 5 nitrogen and oxygen atoms in total. The summed E-state index contributed by atoms with van der Waals surface area (Å²) < 4.78 is 37.0. The summed E-state index contributed by atoms with van der Waals surface area (Å²) in [5.74, 6) is -0.839. The van der Waals surface area contributed by atoms with Gasteiger partial charge in [-0.25, -0.2) is 8.78 Å². The second kappa shape index (κ2) is 7.70. The standard InChI is InChI=1S/C19H20F2N2O3/c1-3-23(10-13-4-7-17-18(8-13)26-11-25-17)12(2)19(24)22-14-5-6-15(20)16(21)9-14/h4-9,12H,3,10-11H2,1-2H3,(H,22,24). The molecule has 0 radical (unpaired) electrons. The molecule has 2 aromatic rings. The molecular formula is C19H20F2N2O3. The van der Waals surface area contributed by atoms with E-state index in [1.165, 1.54) is 6.07 Å². The number of hydrogen-bond acceptors (Lipinski definition) is 4. The van der Waals surface area contributed by atoms with Crippen LogP contribution < -0.4 is 14.8 Å². The van der Waals surface area contributed by atoms with Gasteiger partial charge in [0, 0.05) is 18.3 Å². The van der Waals surface area contributed by atoms with Crippen molar-refractivity contribution >= 4 is 11.6 Å². The molecular weight excluding hydrogens is 342 g/mol. The smallest absolute Gasteiger partial charge is 0.241 e. The first kappa shape index (κ1) is 18.1. The lowest BCUT2D eigenvalue weighted by Crippen LogP contribution is -2.41. The van der Waals surface area contributed by atoms with Crippen molar-refractivity contribution in [3.63, 3.8) is 0 Å². The third kappa shape index (κ3) is 3.94. The van der Waals surface area contributed by atoms with Gasteiger partial charge in [-0.1, -0.05) is 13.0 Å². The van der Waals surface area contributed by atoms with Crippen LogP contribution in [0.3, 0.4) is 0 Å². The Balaban J connectivity index is 1.66. The molecule has 1 aliphatic heterocycles. The zero-order valence-corrected chi connectivity index (χ0v) is 14.6. The molecule has 26 heavy (non-hydrogen) atoms. The molecule has 0 saturated carbocycles. The molecule has 7 heteroatoms. The van der Waals surface area contributed by atoms with Gasteiger partial charge >= 0.3 is 0 Å². The largest absolute Gasteiger partial charge is 0.454 e. The second-order valence-corrected chi connectivity index (χ2v) is 6.04. The summed E-state index contributed by atoms with van der Waals surface area (Å²) in [5, 5.41) is 2.62. The van der Waals surface area contributed by atoms with Crippen molar-refractivity contribution in [1.82, 2.24) is 4.90 Å². The van der Waals surface area contributed by atoms with E-state index in [4.69, 9.17) is 9.47 Å². The van der Waals surface area contributed by atoms with E-state index in [0.29, 0.717) is 24.6 Å². The topological polar surface area (TPSA) is 50.8 Å². The van der Waals surface area contributed by atoms with Gasteiger partial charge in [0.1, 0.15) is 0 Å². The SMILES string of the molecule is CCN(Cc1ccc2c(c1)OCO2)C(C)C(=O)Nc1ccc(F)c(F)c1. The van der Waals surface area contributed by atoms with E-state index in [2.05, 4.69) is 5.32 Å². The molecule has 1 atom stereocenters. The fraction of sp³-hybridized carbons (Fsp3) is 0.316. The zero-order valence-electron chi connectivity index (χ0n) is 14.6. The number of halogens is 2. The first-order valence-electron chi connectivity index (χ1n) is 8.36. The Morgan fingerprint density at radius 1 is 1.15 bits per heavy atom. The number of anilines is 1. The number of likely N-dealkylation sites (N-methyl/N-ethyl adjacent to an activating group) is 1. The fourth-order valence-electron chi connectivity index (χ4n) is 2.78. The van der Waals surface area contributed by atoms with Crippen LogP contribution in [0.4, 0.5) is 14.5 Å². The molecule has 0 aliphatic carbocycles. The number of ether oxygens (including phenoxy) is 2. The van der Waals surface area contributed by atoms with Crippen LogP contribution >= 0.6 is 0 Å². The van der Waals surface area contributed by atoms with Gasteiger partial charge in [0.15, 0.2) is 23.1 Å². The molecule has 1 heterocycles. The van der Waals surface area contributed by atoms with Crippen LogP contribution in [0.15, 0.2) is 36.4 Å². The summed E-state index contributed by atoms with van der Waals surface area (Å²) in [7, 11) is 0. The van der Waals surface area contributed by atoms with Crippen molar-refractivity contribution in [2.75, 3.05) is 18.7 Å². The first-order valence-corrected chi connectivity index (χ1v) is 8.36. The summed E-state index contributed by atoms with van der Waals surface area (Å²) in [4.78, 5) is 14.4. The van der Waals surface area contributed by atoms with Crippen molar-refractivity contribution in [3.8, 4) is 11.5 Å². The average Bonchev–Trinajstić information content (AvgIpc) is 3.10. The number of rotatable bonds is 6. The number of fused-ring (bicyclic) bond motifs is 1.